The van der Waals surface area contributed by atoms with Gasteiger partial charge < -0.3 is 9.84 Å². The number of β-amino-alcohol motifs (C(OH)–C–C–N with tert-alkyl or cyclic N) is 1. The largest absolute Gasteiger partial charge is 0.497 e. The van der Waals surface area contributed by atoms with Crippen molar-refractivity contribution in [3.05, 3.63) is 82.7 Å². The Hall–Kier alpha value is -2.43. The molecule has 0 saturated heterocycles. The Morgan fingerprint density at radius 1 is 1.19 bits per heavy atom. The molecule has 4 rings (SSSR count). The number of rotatable bonds is 5. The fourth-order valence-electron chi connectivity index (χ4n) is 4.06. The molecule has 1 unspecified atom stereocenters. The number of aliphatic hydroxyl groups excluding tert-OH is 1. The molecule has 1 N–H and O–H groups in total. The molecule has 3 nitrogen and oxygen atoms in total. The molecule has 2 aromatic carbocycles. The molecule has 27 heavy (non-hydrogen) atoms. The quantitative estimate of drug-likeness (QED) is 0.814. The molecule has 0 radical (unpaired) electrons. The van der Waals surface area contributed by atoms with Crippen molar-refractivity contribution in [2.45, 2.75) is 12.3 Å². The van der Waals surface area contributed by atoms with E-state index < -0.39 is 0 Å². The van der Waals surface area contributed by atoms with Crippen LogP contribution in [0.3, 0.4) is 0 Å². The summed E-state index contributed by atoms with van der Waals surface area (Å²) in [5.41, 5.74) is 6.01. The lowest BCUT2D eigenvalue weighted by Gasteiger charge is -2.28. The van der Waals surface area contributed by atoms with Gasteiger partial charge in [0.2, 0.25) is 0 Å². The van der Waals surface area contributed by atoms with Crippen LogP contribution in [-0.2, 0) is 0 Å². The number of fused-ring (bicyclic) bond motifs is 1. The van der Waals surface area contributed by atoms with E-state index in [2.05, 4.69) is 29.2 Å². The molecule has 0 amide bonds. The molecule has 2 aliphatic rings. The van der Waals surface area contributed by atoms with Gasteiger partial charge in [0, 0.05) is 25.6 Å². The minimum Gasteiger partial charge on any atom is -0.497 e. The molecule has 0 fully saturated rings. The second-order valence-electron chi connectivity index (χ2n) is 7.07. The molecule has 2 aromatic rings. The fraction of sp³-hybridized carbons (Fsp3) is 0.304. The van der Waals surface area contributed by atoms with Gasteiger partial charge >= 0.3 is 0 Å². The van der Waals surface area contributed by atoms with Crippen molar-refractivity contribution < 1.29 is 14.2 Å². The highest BCUT2D eigenvalue weighted by Crippen LogP contribution is 2.45. The third-order valence-corrected chi connectivity index (χ3v) is 5.52. The molecule has 1 aliphatic heterocycles. The number of hydrogen-bond acceptors (Lipinski definition) is 3. The number of ether oxygens (including phenoxy) is 1. The van der Waals surface area contributed by atoms with Crippen LogP contribution in [0, 0.1) is 5.82 Å². The van der Waals surface area contributed by atoms with Crippen molar-refractivity contribution >= 4 is 5.57 Å². The molecule has 0 saturated carbocycles. The Kier molecular flexibility index (Phi) is 5.10. The average Bonchev–Trinajstić information content (AvgIpc) is 3.08. The fourth-order valence-corrected chi connectivity index (χ4v) is 4.06. The van der Waals surface area contributed by atoms with E-state index in [1.165, 1.54) is 28.8 Å². The highest BCUT2D eigenvalue weighted by atomic mass is 19.1. The average molecular weight is 365 g/mol. The van der Waals surface area contributed by atoms with Gasteiger partial charge in [0.1, 0.15) is 11.6 Å². The van der Waals surface area contributed by atoms with Crippen LogP contribution in [0.1, 0.15) is 29.0 Å². The smallest absolute Gasteiger partial charge is 0.123 e. The van der Waals surface area contributed by atoms with Gasteiger partial charge in [0.15, 0.2) is 0 Å². The zero-order valence-corrected chi connectivity index (χ0v) is 15.5. The van der Waals surface area contributed by atoms with Crippen molar-refractivity contribution in [2.75, 3.05) is 33.4 Å². The third-order valence-electron chi connectivity index (χ3n) is 5.52. The lowest BCUT2D eigenvalue weighted by atomic mass is 9.89. The van der Waals surface area contributed by atoms with Crippen LogP contribution < -0.4 is 4.74 Å². The van der Waals surface area contributed by atoms with E-state index in [1.807, 2.05) is 18.2 Å². The van der Waals surface area contributed by atoms with Gasteiger partial charge in [0.25, 0.3) is 0 Å². The number of allylic oxidation sites excluding steroid dienone is 1. The number of aliphatic hydroxyl groups is 1. The topological polar surface area (TPSA) is 32.7 Å². The van der Waals surface area contributed by atoms with E-state index in [1.54, 1.807) is 7.11 Å². The molecular weight excluding hydrogens is 341 g/mol. The zero-order chi connectivity index (χ0) is 18.8. The number of halogens is 1. The Morgan fingerprint density at radius 2 is 2.00 bits per heavy atom. The maximum absolute atomic E-state index is 13.4. The first kappa shape index (κ1) is 18.0. The summed E-state index contributed by atoms with van der Waals surface area (Å²) in [5, 5.41) is 9.15. The van der Waals surface area contributed by atoms with Crippen LogP contribution in [0.25, 0.3) is 5.57 Å². The van der Waals surface area contributed by atoms with E-state index in [0.717, 1.165) is 42.9 Å². The van der Waals surface area contributed by atoms with Gasteiger partial charge in [-0.15, -0.1) is 0 Å². The predicted octanol–water partition coefficient (Wildman–Crippen LogP) is 3.99. The highest BCUT2D eigenvalue weighted by molar-refractivity contribution is 5.87. The Morgan fingerprint density at radius 3 is 2.67 bits per heavy atom. The molecule has 1 heterocycles. The third kappa shape index (κ3) is 3.55. The summed E-state index contributed by atoms with van der Waals surface area (Å²) >= 11 is 0. The van der Waals surface area contributed by atoms with Crippen LogP contribution in [0.5, 0.6) is 5.75 Å². The van der Waals surface area contributed by atoms with Crippen LogP contribution in [0.15, 0.2) is 60.2 Å². The van der Waals surface area contributed by atoms with E-state index in [0.29, 0.717) is 0 Å². The number of benzene rings is 2. The van der Waals surface area contributed by atoms with E-state index in [9.17, 15) is 4.39 Å². The molecule has 0 spiro atoms. The molecule has 1 aliphatic carbocycles. The van der Waals surface area contributed by atoms with Gasteiger partial charge in [-0.1, -0.05) is 35.9 Å². The first-order valence-electron chi connectivity index (χ1n) is 9.38. The number of nitrogens with zero attached hydrogens (tertiary/aromatic N) is 1. The van der Waals surface area contributed by atoms with Gasteiger partial charge in [-0.25, -0.2) is 4.39 Å². The van der Waals surface area contributed by atoms with Crippen LogP contribution in [0.4, 0.5) is 4.39 Å². The maximum Gasteiger partial charge on any atom is 0.123 e. The maximum atomic E-state index is 13.4. The standard InChI is InChI=1S/C23H24FNO2/c1-27-19-6-7-20-21(16-2-4-18(24)5-3-16)15-22(23(20)14-19)17-8-10-25(11-9-17)12-13-26/h2-8,14-15,22,26H,9-13H2,1H3. The second-order valence-corrected chi connectivity index (χ2v) is 7.07. The predicted molar refractivity (Wildman–Crippen MR) is 105 cm³/mol. The van der Waals surface area contributed by atoms with Gasteiger partial charge in [-0.3, -0.25) is 4.90 Å². The Balaban J connectivity index is 1.72. The molecular formula is C23H24FNO2. The highest BCUT2D eigenvalue weighted by Gasteiger charge is 2.28. The number of methoxy groups -OCH3 is 1. The van der Waals surface area contributed by atoms with E-state index in [4.69, 9.17) is 9.84 Å². The van der Waals surface area contributed by atoms with E-state index >= 15 is 0 Å². The summed E-state index contributed by atoms with van der Waals surface area (Å²) in [6.45, 7) is 2.74. The summed E-state index contributed by atoms with van der Waals surface area (Å²) in [4.78, 5) is 2.26. The van der Waals surface area contributed by atoms with E-state index in [-0.39, 0.29) is 18.3 Å². The molecule has 0 aromatic heterocycles. The van der Waals surface area contributed by atoms with Crippen LogP contribution in [0.2, 0.25) is 0 Å². The van der Waals surface area contributed by atoms with Crippen LogP contribution in [-0.4, -0.2) is 43.4 Å². The summed E-state index contributed by atoms with van der Waals surface area (Å²) in [5.74, 6) is 0.847. The Bertz CT molecular complexity index is 886. The molecule has 0 bridgehead atoms. The minimum absolute atomic E-state index is 0.196. The van der Waals surface area contributed by atoms with Crippen LogP contribution >= 0.6 is 0 Å². The first-order valence-corrected chi connectivity index (χ1v) is 9.38. The minimum atomic E-state index is -0.220. The first-order chi connectivity index (χ1) is 13.2. The van der Waals surface area contributed by atoms with Crippen molar-refractivity contribution in [1.29, 1.82) is 0 Å². The summed E-state index contributed by atoms with van der Waals surface area (Å²) < 4.78 is 18.8. The zero-order valence-electron chi connectivity index (χ0n) is 15.5. The van der Waals surface area contributed by atoms with Gasteiger partial charge in [-0.05, 0) is 52.9 Å². The van der Waals surface area contributed by atoms with Gasteiger partial charge in [-0.2, -0.15) is 0 Å². The summed E-state index contributed by atoms with van der Waals surface area (Å²) in [7, 11) is 1.69. The second kappa shape index (κ2) is 7.67. The summed E-state index contributed by atoms with van der Waals surface area (Å²) in [6, 6.07) is 12.9. The number of hydrogen-bond donors (Lipinski definition) is 1. The van der Waals surface area contributed by atoms with Crippen molar-refractivity contribution in [3.63, 3.8) is 0 Å². The summed E-state index contributed by atoms with van der Waals surface area (Å²) in [6.07, 6.45) is 5.57. The lowest BCUT2D eigenvalue weighted by Crippen LogP contribution is -2.32. The van der Waals surface area contributed by atoms with Gasteiger partial charge in [0.05, 0.1) is 13.7 Å². The molecule has 1 atom stereocenters. The molecule has 140 valence electrons. The normalized spacial score (nSPS) is 19.4. The lowest BCUT2D eigenvalue weighted by molar-refractivity contribution is 0.204. The Labute approximate surface area is 159 Å². The SMILES string of the molecule is COc1ccc2c(c1)C(C1=CCN(CCO)CC1)C=C2c1ccc(F)cc1. The van der Waals surface area contributed by atoms with Crippen molar-refractivity contribution in [1.82, 2.24) is 4.90 Å². The monoisotopic (exact) mass is 365 g/mol. The van der Waals surface area contributed by atoms with Crippen molar-refractivity contribution in [3.8, 4) is 5.75 Å². The molecule has 4 heteroatoms. The van der Waals surface area contributed by atoms with Crippen molar-refractivity contribution in [2.24, 2.45) is 0 Å².